The van der Waals surface area contributed by atoms with Crippen molar-refractivity contribution >= 4 is 5.69 Å². The number of hydrogen-bond acceptors (Lipinski definition) is 3. The summed E-state index contributed by atoms with van der Waals surface area (Å²) in [5.41, 5.74) is 2.24. The van der Waals surface area contributed by atoms with Crippen LogP contribution in [0.1, 0.15) is 37.9 Å². The lowest BCUT2D eigenvalue weighted by atomic mass is 10.1. The zero-order valence-electron chi connectivity index (χ0n) is 12.3. The van der Waals surface area contributed by atoms with Gasteiger partial charge in [-0.1, -0.05) is 19.1 Å². The molecule has 2 atom stereocenters. The van der Waals surface area contributed by atoms with Crippen molar-refractivity contribution < 1.29 is 5.11 Å². The average Bonchev–Trinajstić information content (AvgIpc) is 2.83. The van der Waals surface area contributed by atoms with Crippen LogP contribution in [0.2, 0.25) is 0 Å². The summed E-state index contributed by atoms with van der Waals surface area (Å²) in [5.74, 6) is 0. The lowest BCUT2D eigenvalue weighted by molar-refractivity contribution is 0.173. The van der Waals surface area contributed by atoms with Gasteiger partial charge in [0.25, 0.3) is 0 Å². The summed E-state index contributed by atoms with van der Waals surface area (Å²) in [6, 6.07) is 8.98. The first kappa shape index (κ1) is 14.4. The molecule has 0 amide bonds. The molecule has 0 spiro atoms. The summed E-state index contributed by atoms with van der Waals surface area (Å²) in [6.07, 6.45) is 3.05. The molecule has 1 N–H and O–H groups in total. The highest BCUT2D eigenvalue weighted by molar-refractivity contribution is 5.47. The van der Waals surface area contributed by atoms with E-state index in [1.165, 1.54) is 25.1 Å². The highest BCUT2D eigenvalue weighted by atomic mass is 16.3. The number of aliphatic hydroxyl groups is 1. The van der Waals surface area contributed by atoms with Gasteiger partial charge in [-0.2, -0.15) is 0 Å². The lowest BCUT2D eigenvalue weighted by Crippen LogP contribution is -2.36. The van der Waals surface area contributed by atoms with Gasteiger partial charge in [-0.3, -0.25) is 0 Å². The van der Waals surface area contributed by atoms with Crippen molar-refractivity contribution in [3.05, 3.63) is 29.8 Å². The predicted molar refractivity (Wildman–Crippen MR) is 80.6 cm³/mol. The van der Waals surface area contributed by atoms with Crippen LogP contribution in [0.3, 0.4) is 0 Å². The smallest absolute Gasteiger partial charge is 0.0787 e. The van der Waals surface area contributed by atoms with E-state index in [1.807, 2.05) is 19.1 Å². The molecular formula is C16H26N2O. The van der Waals surface area contributed by atoms with Crippen molar-refractivity contribution in [1.82, 2.24) is 4.90 Å². The minimum atomic E-state index is -0.333. The summed E-state index contributed by atoms with van der Waals surface area (Å²) >= 11 is 0. The maximum atomic E-state index is 9.80. The molecule has 1 aromatic rings. The highest BCUT2D eigenvalue weighted by Crippen LogP contribution is 2.22. The molecule has 2 unspecified atom stereocenters. The third kappa shape index (κ3) is 3.48. The van der Waals surface area contributed by atoms with E-state index in [4.69, 9.17) is 0 Å². The second-order valence-electron chi connectivity index (χ2n) is 5.67. The molecule has 0 aromatic heterocycles. The normalized spacial score (nSPS) is 21.6. The second kappa shape index (κ2) is 6.40. The van der Waals surface area contributed by atoms with Gasteiger partial charge in [0.05, 0.1) is 6.10 Å². The van der Waals surface area contributed by atoms with Crippen LogP contribution in [0.5, 0.6) is 0 Å². The van der Waals surface area contributed by atoms with Gasteiger partial charge in [-0.15, -0.1) is 0 Å². The minimum Gasteiger partial charge on any atom is -0.388 e. The molecule has 0 radical (unpaired) electrons. The maximum absolute atomic E-state index is 9.80. The molecule has 0 bridgehead atoms. The summed E-state index contributed by atoms with van der Waals surface area (Å²) in [5, 5.41) is 9.80. The van der Waals surface area contributed by atoms with E-state index in [2.05, 4.69) is 36.0 Å². The SMILES string of the molecule is CCC(O)c1ccc(N(C)CC2CCCN2C)cc1. The molecule has 3 nitrogen and oxygen atoms in total. The van der Waals surface area contributed by atoms with E-state index in [-0.39, 0.29) is 6.10 Å². The average molecular weight is 262 g/mol. The molecule has 1 saturated heterocycles. The number of benzene rings is 1. The summed E-state index contributed by atoms with van der Waals surface area (Å²) in [4.78, 5) is 4.76. The molecule has 1 aromatic carbocycles. The summed E-state index contributed by atoms with van der Waals surface area (Å²) in [6.45, 7) is 4.30. The van der Waals surface area contributed by atoms with Gasteiger partial charge in [0.1, 0.15) is 0 Å². The van der Waals surface area contributed by atoms with Gasteiger partial charge >= 0.3 is 0 Å². The van der Waals surface area contributed by atoms with E-state index < -0.39 is 0 Å². The van der Waals surface area contributed by atoms with E-state index in [9.17, 15) is 5.11 Å². The second-order valence-corrected chi connectivity index (χ2v) is 5.67. The first-order valence-corrected chi connectivity index (χ1v) is 7.31. The number of aliphatic hydroxyl groups excluding tert-OH is 1. The zero-order valence-corrected chi connectivity index (χ0v) is 12.3. The Morgan fingerprint density at radius 1 is 1.37 bits per heavy atom. The maximum Gasteiger partial charge on any atom is 0.0787 e. The number of likely N-dealkylation sites (tertiary alicyclic amines) is 1. The molecule has 19 heavy (non-hydrogen) atoms. The summed E-state index contributed by atoms with van der Waals surface area (Å²) in [7, 11) is 4.36. The number of likely N-dealkylation sites (N-methyl/N-ethyl adjacent to an activating group) is 2. The lowest BCUT2D eigenvalue weighted by Gasteiger charge is -2.27. The van der Waals surface area contributed by atoms with Crippen molar-refractivity contribution in [3.63, 3.8) is 0 Å². The molecule has 2 rings (SSSR count). The van der Waals surface area contributed by atoms with Crippen molar-refractivity contribution in [2.75, 3.05) is 32.1 Å². The Labute approximate surface area is 116 Å². The highest BCUT2D eigenvalue weighted by Gasteiger charge is 2.22. The fourth-order valence-electron chi connectivity index (χ4n) is 2.82. The van der Waals surface area contributed by atoms with E-state index in [1.54, 1.807) is 0 Å². The van der Waals surface area contributed by atoms with Crippen molar-refractivity contribution in [2.24, 2.45) is 0 Å². The van der Waals surface area contributed by atoms with Crippen LogP contribution >= 0.6 is 0 Å². The molecule has 0 aliphatic carbocycles. The summed E-state index contributed by atoms with van der Waals surface area (Å²) < 4.78 is 0. The van der Waals surface area contributed by atoms with E-state index in [0.29, 0.717) is 6.04 Å². The first-order valence-electron chi connectivity index (χ1n) is 7.31. The van der Waals surface area contributed by atoms with Gasteiger partial charge in [0.2, 0.25) is 0 Å². The van der Waals surface area contributed by atoms with Gasteiger partial charge in [0, 0.05) is 25.3 Å². The first-order chi connectivity index (χ1) is 9.11. The van der Waals surface area contributed by atoms with Crippen molar-refractivity contribution in [1.29, 1.82) is 0 Å². The Balaban J connectivity index is 1.97. The molecule has 3 heteroatoms. The molecule has 1 aliphatic heterocycles. The Hall–Kier alpha value is -1.06. The minimum absolute atomic E-state index is 0.333. The van der Waals surface area contributed by atoms with Crippen LogP contribution in [0.25, 0.3) is 0 Å². The molecule has 0 saturated carbocycles. The van der Waals surface area contributed by atoms with Gasteiger partial charge in [-0.05, 0) is 50.6 Å². The zero-order chi connectivity index (χ0) is 13.8. The van der Waals surface area contributed by atoms with Crippen LogP contribution in [0, 0.1) is 0 Å². The monoisotopic (exact) mass is 262 g/mol. The molecule has 1 fully saturated rings. The predicted octanol–water partition coefficient (Wildman–Crippen LogP) is 2.66. The number of nitrogens with zero attached hydrogens (tertiary/aromatic N) is 2. The van der Waals surface area contributed by atoms with E-state index >= 15 is 0 Å². The number of anilines is 1. The van der Waals surface area contributed by atoms with Gasteiger partial charge < -0.3 is 14.9 Å². The van der Waals surface area contributed by atoms with Crippen LogP contribution in [0.15, 0.2) is 24.3 Å². The standard InChI is InChI=1S/C16H26N2O/c1-4-16(19)13-7-9-14(10-8-13)18(3)12-15-6-5-11-17(15)2/h7-10,15-16,19H,4-6,11-12H2,1-3H3. The Kier molecular flexibility index (Phi) is 4.83. The molecule has 106 valence electrons. The van der Waals surface area contributed by atoms with Crippen LogP contribution in [0.4, 0.5) is 5.69 Å². The Bertz CT molecular complexity index is 390. The third-order valence-electron chi connectivity index (χ3n) is 4.26. The van der Waals surface area contributed by atoms with E-state index in [0.717, 1.165) is 18.5 Å². The van der Waals surface area contributed by atoms with Crippen LogP contribution < -0.4 is 4.90 Å². The van der Waals surface area contributed by atoms with Crippen LogP contribution in [-0.2, 0) is 0 Å². The Morgan fingerprint density at radius 3 is 2.58 bits per heavy atom. The van der Waals surface area contributed by atoms with Crippen LogP contribution in [-0.4, -0.2) is 43.2 Å². The number of rotatable bonds is 5. The fraction of sp³-hybridized carbons (Fsp3) is 0.625. The molecular weight excluding hydrogens is 236 g/mol. The van der Waals surface area contributed by atoms with Crippen molar-refractivity contribution in [3.8, 4) is 0 Å². The quantitative estimate of drug-likeness (QED) is 0.884. The third-order valence-corrected chi connectivity index (χ3v) is 4.26. The van der Waals surface area contributed by atoms with Gasteiger partial charge in [0.15, 0.2) is 0 Å². The topological polar surface area (TPSA) is 26.7 Å². The molecule has 1 heterocycles. The Morgan fingerprint density at radius 2 is 2.05 bits per heavy atom. The number of hydrogen-bond donors (Lipinski definition) is 1. The molecule has 1 aliphatic rings. The largest absolute Gasteiger partial charge is 0.388 e. The fourth-order valence-corrected chi connectivity index (χ4v) is 2.82. The van der Waals surface area contributed by atoms with Crippen molar-refractivity contribution in [2.45, 2.75) is 38.3 Å². The van der Waals surface area contributed by atoms with Gasteiger partial charge in [-0.25, -0.2) is 0 Å².